The third-order valence-corrected chi connectivity index (χ3v) is 1.79. The monoisotopic (exact) mass is 195 g/mol. The van der Waals surface area contributed by atoms with Crippen molar-refractivity contribution in [2.24, 2.45) is 7.05 Å². The van der Waals surface area contributed by atoms with Crippen LogP contribution in [-0.2, 0) is 11.8 Å². The zero-order chi connectivity index (χ0) is 10.7. The molecular formula is C9H15N4O. The first-order chi connectivity index (χ1) is 6.56. The lowest BCUT2D eigenvalue weighted by Crippen LogP contribution is -2.42. The third-order valence-electron chi connectivity index (χ3n) is 1.79. The Bertz CT molecular complexity index is 318. The molecule has 0 spiro atoms. The average Bonchev–Trinajstić information content (AvgIpc) is 2.51. The van der Waals surface area contributed by atoms with Crippen molar-refractivity contribution in [1.82, 2.24) is 14.8 Å². The van der Waals surface area contributed by atoms with E-state index in [-0.39, 0.29) is 5.91 Å². The lowest BCUT2D eigenvalue weighted by Gasteiger charge is -2.25. The molecule has 77 valence electrons. The first kappa shape index (κ1) is 10.7. The summed E-state index contributed by atoms with van der Waals surface area (Å²) in [5, 5.41) is 7.36. The van der Waals surface area contributed by atoms with E-state index in [4.69, 9.17) is 0 Å². The highest BCUT2D eigenvalue weighted by Gasteiger charge is 2.18. The summed E-state index contributed by atoms with van der Waals surface area (Å²) in [5.41, 5.74) is 0. The lowest BCUT2D eigenvalue weighted by molar-refractivity contribution is -0.120. The Morgan fingerprint density at radius 2 is 2.29 bits per heavy atom. The van der Waals surface area contributed by atoms with E-state index in [0.29, 0.717) is 12.2 Å². The maximum Gasteiger partial charge on any atom is 0.242 e. The lowest BCUT2D eigenvalue weighted by atomic mass is 10.4. The van der Waals surface area contributed by atoms with Gasteiger partial charge in [-0.25, -0.2) is 10.0 Å². The van der Waals surface area contributed by atoms with Crippen molar-refractivity contribution < 1.29 is 4.79 Å². The Labute approximate surface area is 83.9 Å². The molecule has 0 bridgehead atoms. The number of nitrogens with zero attached hydrogens (tertiary/aromatic N) is 4. The molecular weight excluding hydrogens is 180 g/mol. The van der Waals surface area contributed by atoms with Crippen LogP contribution in [0.15, 0.2) is 6.07 Å². The van der Waals surface area contributed by atoms with Crippen molar-refractivity contribution in [3.05, 3.63) is 12.3 Å². The van der Waals surface area contributed by atoms with E-state index in [9.17, 15) is 4.79 Å². The van der Waals surface area contributed by atoms with Gasteiger partial charge in [0.05, 0.1) is 6.20 Å². The molecule has 1 aromatic heterocycles. The number of rotatable bonds is 3. The molecule has 0 aliphatic rings. The van der Waals surface area contributed by atoms with Gasteiger partial charge in [0.2, 0.25) is 5.91 Å². The van der Waals surface area contributed by atoms with Crippen LogP contribution in [0.2, 0.25) is 0 Å². The minimum Gasteiger partial charge on any atom is -0.273 e. The van der Waals surface area contributed by atoms with Crippen LogP contribution in [-0.4, -0.2) is 34.8 Å². The Morgan fingerprint density at radius 1 is 1.64 bits per heavy atom. The van der Waals surface area contributed by atoms with Gasteiger partial charge in [-0.3, -0.25) is 9.48 Å². The number of carbonyl (C=O) groups excluding carboxylic acids is 1. The highest BCUT2D eigenvalue weighted by Crippen LogP contribution is 2.11. The maximum atomic E-state index is 11.6. The smallest absolute Gasteiger partial charge is 0.242 e. The van der Waals surface area contributed by atoms with Crippen molar-refractivity contribution in [3.63, 3.8) is 0 Å². The van der Waals surface area contributed by atoms with Crippen LogP contribution in [0.1, 0.15) is 13.3 Å². The molecule has 1 radical (unpaired) electrons. The number of anilines is 1. The summed E-state index contributed by atoms with van der Waals surface area (Å²) in [5.74, 6) is 0.617. The predicted octanol–water partition coefficient (Wildman–Crippen LogP) is 0.440. The largest absolute Gasteiger partial charge is 0.273 e. The molecule has 0 aliphatic heterocycles. The summed E-state index contributed by atoms with van der Waals surface area (Å²) in [6, 6.07) is 1.69. The molecule has 0 fully saturated rings. The molecule has 5 nitrogen and oxygen atoms in total. The second kappa shape index (κ2) is 4.23. The fourth-order valence-electron chi connectivity index (χ4n) is 1.17. The quantitative estimate of drug-likeness (QED) is 0.657. The number of hydrogen-bond acceptors (Lipinski definition) is 3. The minimum atomic E-state index is 0.0158. The Kier molecular flexibility index (Phi) is 3.24. The highest BCUT2D eigenvalue weighted by molar-refractivity contribution is 5.91. The third kappa shape index (κ3) is 2.11. The zero-order valence-electron chi connectivity index (χ0n) is 8.98. The molecule has 1 heterocycles. The Hall–Kier alpha value is -1.36. The van der Waals surface area contributed by atoms with Crippen LogP contribution in [0.25, 0.3) is 0 Å². The van der Waals surface area contributed by atoms with Gasteiger partial charge in [-0.05, 0) is 0 Å². The van der Waals surface area contributed by atoms with Crippen LogP contribution in [0, 0.1) is 6.20 Å². The van der Waals surface area contributed by atoms with Crippen LogP contribution in [0.5, 0.6) is 0 Å². The van der Waals surface area contributed by atoms with Crippen molar-refractivity contribution >= 4 is 11.7 Å². The summed E-state index contributed by atoms with van der Waals surface area (Å²) < 4.78 is 1.55. The number of amides is 1. The molecule has 0 unspecified atom stereocenters. The molecule has 0 saturated heterocycles. The van der Waals surface area contributed by atoms with Gasteiger partial charge in [-0.15, -0.1) is 0 Å². The van der Waals surface area contributed by atoms with Crippen molar-refractivity contribution in [1.29, 1.82) is 0 Å². The first-order valence-electron chi connectivity index (χ1n) is 4.48. The first-order valence-corrected chi connectivity index (χ1v) is 4.48. The SMILES string of the molecule is CCC(=O)N(c1c[c]n(C)n1)N(C)C. The minimum absolute atomic E-state index is 0.0158. The number of aromatic nitrogens is 2. The Morgan fingerprint density at radius 3 is 2.64 bits per heavy atom. The fraction of sp³-hybridized carbons (Fsp3) is 0.556. The second-order valence-electron chi connectivity index (χ2n) is 3.16. The van der Waals surface area contributed by atoms with E-state index in [0.717, 1.165) is 0 Å². The number of carbonyl (C=O) groups is 1. The zero-order valence-corrected chi connectivity index (χ0v) is 8.98. The number of hydrogen-bond donors (Lipinski definition) is 0. The van der Waals surface area contributed by atoms with E-state index < -0.39 is 0 Å². The highest BCUT2D eigenvalue weighted by atomic mass is 16.2. The maximum absolute atomic E-state index is 11.6. The van der Waals surface area contributed by atoms with E-state index in [1.165, 1.54) is 5.01 Å². The number of aryl methyl sites for hydroxylation is 1. The molecule has 5 heteroatoms. The summed E-state index contributed by atoms with van der Waals surface area (Å²) in [6.45, 7) is 1.82. The van der Waals surface area contributed by atoms with Crippen molar-refractivity contribution in [2.75, 3.05) is 19.1 Å². The van der Waals surface area contributed by atoms with Crippen LogP contribution in [0.3, 0.4) is 0 Å². The van der Waals surface area contributed by atoms with E-state index in [2.05, 4.69) is 11.3 Å². The van der Waals surface area contributed by atoms with Crippen LogP contribution >= 0.6 is 0 Å². The molecule has 0 saturated carbocycles. The molecule has 0 aromatic carbocycles. The predicted molar refractivity (Wildman–Crippen MR) is 53.5 cm³/mol. The van der Waals surface area contributed by atoms with Crippen LogP contribution in [0.4, 0.5) is 5.82 Å². The topological polar surface area (TPSA) is 41.4 Å². The standard InChI is InChI=1S/C9H15N4O/c1-5-9(14)13(11(2)3)8-6-7-12(4)10-8/h6H,5H2,1-4H3. The average molecular weight is 195 g/mol. The molecule has 1 rings (SSSR count). The normalized spacial score (nSPS) is 10.6. The Balaban J connectivity index is 2.94. The van der Waals surface area contributed by atoms with Crippen LogP contribution < -0.4 is 5.01 Å². The van der Waals surface area contributed by atoms with Gasteiger partial charge in [0.1, 0.15) is 0 Å². The van der Waals surface area contributed by atoms with E-state index >= 15 is 0 Å². The fourth-order valence-corrected chi connectivity index (χ4v) is 1.17. The van der Waals surface area contributed by atoms with Gasteiger partial charge < -0.3 is 0 Å². The number of hydrazine groups is 1. The van der Waals surface area contributed by atoms with Gasteiger partial charge in [0, 0.05) is 33.6 Å². The van der Waals surface area contributed by atoms with Gasteiger partial charge in [0.25, 0.3) is 0 Å². The van der Waals surface area contributed by atoms with Gasteiger partial charge >= 0.3 is 0 Å². The van der Waals surface area contributed by atoms with Gasteiger partial charge in [0.15, 0.2) is 5.82 Å². The molecule has 1 amide bonds. The van der Waals surface area contributed by atoms with E-state index in [1.807, 2.05) is 21.0 Å². The van der Waals surface area contributed by atoms with Gasteiger partial charge in [-0.1, -0.05) is 6.92 Å². The van der Waals surface area contributed by atoms with Crippen molar-refractivity contribution in [2.45, 2.75) is 13.3 Å². The molecule has 1 aromatic rings. The molecule has 14 heavy (non-hydrogen) atoms. The summed E-state index contributed by atoms with van der Waals surface area (Å²) in [7, 11) is 5.39. The van der Waals surface area contributed by atoms with Gasteiger partial charge in [-0.2, -0.15) is 5.10 Å². The summed E-state index contributed by atoms with van der Waals surface area (Å²) >= 11 is 0. The van der Waals surface area contributed by atoms with E-state index in [1.54, 1.807) is 22.8 Å². The van der Waals surface area contributed by atoms with Crippen molar-refractivity contribution in [3.8, 4) is 0 Å². The molecule has 0 aliphatic carbocycles. The summed E-state index contributed by atoms with van der Waals surface area (Å²) in [6.07, 6.45) is 3.32. The second-order valence-corrected chi connectivity index (χ2v) is 3.16. The molecule has 0 N–H and O–H groups in total. The summed E-state index contributed by atoms with van der Waals surface area (Å²) in [4.78, 5) is 11.6. The molecule has 0 atom stereocenters.